The van der Waals surface area contributed by atoms with Crippen LogP contribution in [0.3, 0.4) is 0 Å². The van der Waals surface area contributed by atoms with Gasteiger partial charge in [0.2, 0.25) is 5.91 Å². The Morgan fingerprint density at radius 3 is 2.42 bits per heavy atom. The quantitative estimate of drug-likeness (QED) is 0.785. The highest BCUT2D eigenvalue weighted by molar-refractivity contribution is 5.94. The average Bonchev–Trinajstić information content (AvgIpc) is 2.60. The number of H-pyrrole nitrogens is 1. The van der Waals surface area contributed by atoms with E-state index in [1.807, 2.05) is 26.8 Å². The molecule has 1 heterocycles. The molecular weight excluding hydrogens is 240 g/mol. The van der Waals surface area contributed by atoms with Crippen LogP contribution in [-0.2, 0) is 11.2 Å². The number of amides is 1. The van der Waals surface area contributed by atoms with E-state index in [9.17, 15) is 4.79 Å². The van der Waals surface area contributed by atoms with Gasteiger partial charge >= 0.3 is 0 Å². The summed E-state index contributed by atoms with van der Waals surface area (Å²) in [5.74, 6) is 0.324. The van der Waals surface area contributed by atoms with Gasteiger partial charge in [-0.2, -0.15) is 5.10 Å². The molecule has 0 radical (unpaired) electrons. The highest BCUT2D eigenvalue weighted by atomic mass is 16.2. The Labute approximate surface area is 115 Å². The fourth-order valence-corrected chi connectivity index (χ4v) is 1.68. The normalized spacial score (nSPS) is 14.3. The Balaban J connectivity index is 2.67. The SMILES string of the molecule is CC(C)(C)Cc1cc(NC(=O)[C@@H](N)C(C)(C)C)n[nH]1. The van der Waals surface area contributed by atoms with Gasteiger partial charge < -0.3 is 11.1 Å². The molecule has 5 heteroatoms. The lowest BCUT2D eigenvalue weighted by Crippen LogP contribution is -2.45. The number of hydrogen-bond acceptors (Lipinski definition) is 3. The molecule has 0 fully saturated rings. The second-order valence-corrected chi connectivity index (χ2v) is 7.35. The number of nitrogens with two attached hydrogens (primary N) is 1. The van der Waals surface area contributed by atoms with Crippen molar-refractivity contribution in [1.29, 1.82) is 0 Å². The summed E-state index contributed by atoms with van der Waals surface area (Å²) in [6.45, 7) is 12.3. The van der Waals surface area contributed by atoms with Crippen molar-refractivity contribution in [1.82, 2.24) is 10.2 Å². The Bertz CT molecular complexity index is 437. The molecule has 0 aromatic carbocycles. The van der Waals surface area contributed by atoms with Crippen LogP contribution in [0, 0.1) is 10.8 Å². The molecule has 0 saturated heterocycles. The Kier molecular flexibility index (Phi) is 4.40. The third kappa shape index (κ3) is 5.03. The van der Waals surface area contributed by atoms with Gasteiger partial charge in [0.05, 0.1) is 6.04 Å². The summed E-state index contributed by atoms with van der Waals surface area (Å²) in [6.07, 6.45) is 0.876. The molecule has 0 saturated carbocycles. The predicted molar refractivity (Wildman–Crippen MR) is 77.8 cm³/mol. The second-order valence-electron chi connectivity index (χ2n) is 7.35. The highest BCUT2D eigenvalue weighted by Crippen LogP contribution is 2.21. The lowest BCUT2D eigenvalue weighted by atomic mass is 9.87. The van der Waals surface area contributed by atoms with Gasteiger partial charge in [0.25, 0.3) is 0 Å². The van der Waals surface area contributed by atoms with Gasteiger partial charge in [-0.3, -0.25) is 9.89 Å². The van der Waals surface area contributed by atoms with Crippen LogP contribution in [0.4, 0.5) is 5.82 Å². The van der Waals surface area contributed by atoms with Crippen molar-refractivity contribution in [2.24, 2.45) is 16.6 Å². The van der Waals surface area contributed by atoms with Crippen LogP contribution in [-0.4, -0.2) is 22.1 Å². The van der Waals surface area contributed by atoms with Gasteiger partial charge in [-0.15, -0.1) is 0 Å². The van der Waals surface area contributed by atoms with E-state index in [1.54, 1.807) is 0 Å². The number of carbonyl (C=O) groups excluding carboxylic acids is 1. The molecule has 4 N–H and O–H groups in total. The fraction of sp³-hybridized carbons (Fsp3) is 0.714. The molecule has 108 valence electrons. The predicted octanol–water partition coefficient (Wildman–Crippen LogP) is 2.31. The number of aromatic amines is 1. The number of carbonyl (C=O) groups is 1. The second kappa shape index (κ2) is 5.33. The van der Waals surface area contributed by atoms with Crippen molar-refractivity contribution in [3.8, 4) is 0 Å². The summed E-state index contributed by atoms with van der Waals surface area (Å²) in [5, 5.41) is 9.78. The minimum atomic E-state index is -0.560. The first-order valence-electron chi connectivity index (χ1n) is 6.60. The molecule has 1 aromatic heterocycles. The van der Waals surface area contributed by atoms with Crippen molar-refractivity contribution in [2.45, 2.75) is 54.0 Å². The highest BCUT2D eigenvalue weighted by Gasteiger charge is 2.27. The minimum Gasteiger partial charge on any atom is -0.319 e. The number of aromatic nitrogens is 2. The van der Waals surface area contributed by atoms with Gasteiger partial charge in [-0.05, 0) is 17.3 Å². The van der Waals surface area contributed by atoms with E-state index in [2.05, 4.69) is 36.3 Å². The Morgan fingerprint density at radius 1 is 1.37 bits per heavy atom. The zero-order valence-electron chi connectivity index (χ0n) is 12.8. The molecule has 0 unspecified atom stereocenters. The Morgan fingerprint density at radius 2 is 1.95 bits per heavy atom. The van der Waals surface area contributed by atoms with E-state index in [-0.39, 0.29) is 16.7 Å². The first-order valence-corrected chi connectivity index (χ1v) is 6.60. The third-order valence-electron chi connectivity index (χ3n) is 2.82. The molecule has 0 aliphatic rings. The van der Waals surface area contributed by atoms with Crippen molar-refractivity contribution in [3.63, 3.8) is 0 Å². The molecular formula is C14H26N4O. The average molecular weight is 266 g/mol. The maximum absolute atomic E-state index is 12.0. The van der Waals surface area contributed by atoms with Crippen LogP contribution in [0.15, 0.2) is 6.07 Å². The summed E-state index contributed by atoms with van der Waals surface area (Å²) in [5.41, 5.74) is 6.81. The maximum atomic E-state index is 12.0. The van der Waals surface area contributed by atoms with Crippen LogP contribution in [0.25, 0.3) is 0 Å². The summed E-state index contributed by atoms with van der Waals surface area (Å²) >= 11 is 0. The minimum absolute atomic E-state index is 0.176. The van der Waals surface area contributed by atoms with Crippen LogP contribution >= 0.6 is 0 Å². The van der Waals surface area contributed by atoms with Gasteiger partial charge in [-0.25, -0.2) is 0 Å². The van der Waals surface area contributed by atoms with Gasteiger partial charge in [0.15, 0.2) is 5.82 Å². The van der Waals surface area contributed by atoms with Crippen molar-refractivity contribution in [2.75, 3.05) is 5.32 Å². The molecule has 5 nitrogen and oxygen atoms in total. The third-order valence-corrected chi connectivity index (χ3v) is 2.82. The molecule has 1 atom stereocenters. The lowest BCUT2D eigenvalue weighted by molar-refractivity contribution is -0.119. The van der Waals surface area contributed by atoms with Crippen molar-refractivity contribution >= 4 is 11.7 Å². The number of hydrogen-bond donors (Lipinski definition) is 3. The van der Waals surface area contributed by atoms with Gasteiger partial charge in [0, 0.05) is 11.8 Å². The topological polar surface area (TPSA) is 83.8 Å². The van der Waals surface area contributed by atoms with E-state index in [0.29, 0.717) is 5.82 Å². The zero-order valence-corrected chi connectivity index (χ0v) is 12.8. The first-order chi connectivity index (χ1) is 8.49. The van der Waals surface area contributed by atoms with Gasteiger partial charge in [-0.1, -0.05) is 41.5 Å². The van der Waals surface area contributed by atoms with Crippen LogP contribution < -0.4 is 11.1 Å². The number of rotatable bonds is 3. The molecule has 0 bridgehead atoms. The van der Waals surface area contributed by atoms with E-state index in [4.69, 9.17) is 5.73 Å². The molecule has 1 amide bonds. The monoisotopic (exact) mass is 266 g/mol. The lowest BCUT2D eigenvalue weighted by Gasteiger charge is -2.25. The zero-order chi connectivity index (χ0) is 14.8. The fourth-order valence-electron chi connectivity index (χ4n) is 1.68. The van der Waals surface area contributed by atoms with E-state index >= 15 is 0 Å². The summed E-state index contributed by atoms with van der Waals surface area (Å²) in [7, 11) is 0. The molecule has 0 aliphatic heterocycles. The van der Waals surface area contributed by atoms with Crippen LogP contribution in [0.2, 0.25) is 0 Å². The molecule has 1 rings (SSSR count). The van der Waals surface area contributed by atoms with Crippen LogP contribution in [0.1, 0.15) is 47.2 Å². The van der Waals surface area contributed by atoms with E-state index < -0.39 is 6.04 Å². The largest absolute Gasteiger partial charge is 0.319 e. The van der Waals surface area contributed by atoms with Crippen molar-refractivity contribution in [3.05, 3.63) is 11.8 Å². The molecule has 0 aliphatic carbocycles. The van der Waals surface area contributed by atoms with E-state index in [1.165, 1.54) is 0 Å². The molecule has 1 aromatic rings. The van der Waals surface area contributed by atoms with E-state index in [0.717, 1.165) is 12.1 Å². The van der Waals surface area contributed by atoms with Crippen LogP contribution in [0.5, 0.6) is 0 Å². The molecule has 0 spiro atoms. The standard InChI is InChI=1S/C14H26N4O/c1-13(2,3)8-9-7-10(18-17-9)16-12(19)11(15)14(4,5)6/h7,11H,8,15H2,1-6H3,(H2,16,17,18,19)/t11-/m1/s1. The summed E-state index contributed by atoms with van der Waals surface area (Å²) in [4.78, 5) is 12.0. The first kappa shape index (κ1) is 15.7. The number of nitrogens with zero attached hydrogens (tertiary/aromatic N) is 1. The number of nitrogens with one attached hydrogen (secondary N) is 2. The maximum Gasteiger partial charge on any atom is 0.243 e. The Hall–Kier alpha value is -1.36. The van der Waals surface area contributed by atoms with Crippen molar-refractivity contribution < 1.29 is 4.79 Å². The smallest absolute Gasteiger partial charge is 0.243 e. The molecule has 19 heavy (non-hydrogen) atoms. The van der Waals surface area contributed by atoms with Gasteiger partial charge in [0.1, 0.15) is 0 Å². The summed E-state index contributed by atoms with van der Waals surface area (Å²) < 4.78 is 0. The summed E-state index contributed by atoms with van der Waals surface area (Å²) in [6, 6.07) is 1.30. The number of anilines is 1.